The average Bonchev–Trinajstić information content (AvgIpc) is 1.65. The Morgan fingerprint density at radius 3 is 1.02 bits per heavy atom. The number of aryl methyl sites for hydroxylation is 4. The zero-order valence-corrected chi connectivity index (χ0v) is 67.0. The molecule has 0 spiro atoms. The molecule has 0 aliphatic carbocycles. The SMILES string of the molecule is C=CCOC(=O)O[C@@H]1CC(n2cc(C)c(=O)[nH]c2=O)OC1COP(=S)(OCC1CCCN1C(C)=O)O[C@@H]1CC(n2cc(C)c(=O)[nH]c2=O)OC1COP(=S)(OCC1CCCN1C(C)=O)O[C@@H]1CC(n2cc(C)c(=O)[nH]c2=O)OC1COP(=S)(OCC1CCCN1C(C)=O)O[C@@H]1CC(n2cc(C)c(=O)[nH]c2=O)OC1CC. The Labute approximate surface area is 644 Å². The van der Waals surface area contributed by atoms with Crippen LogP contribution in [0.25, 0.3) is 0 Å². The van der Waals surface area contributed by atoms with E-state index < -0.39 is 183 Å². The Balaban J connectivity index is 0.929. The number of likely N-dealkylation sites (tertiary alicyclic amines) is 3. The Kier molecular flexibility index (Phi) is 27.9. The Morgan fingerprint density at radius 2 is 0.727 bits per heavy atom. The number of carbonyl (C=O) groups excluding carboxylic acids is 4. The van der Waals surface area contributed by atoms with Crippen molar-refractivity contribution in [3.63, 3.8) is 0 Å². The van der Waals surface area contributed by atoms with Gasteiger partial charge in [0.05, 0.1) is 82.2 Å². The van der Waals surface area contributed by atoms with Gasteiger partial charge in [0, 0.05) is 113 Å². The second kappa shape index (κ2) is 36.4. The highest BCUT2D eigenvalue weighted by molar-refractivity contribution is 8.08. The van der Waals surface area contributed by atoms with Gasteiger partial charge in [-0.15, -0.1) is 0 Å². The number of amides is 3. The van der Waals surface area contributed by atoms with Crippen molar-refractivity contribution in [2.75, 3.05) is 65.9 Å². The van der Waals surface area contributed by atoms with Crippen LogP contribution in [0.1, 0.15) is 145 Å². The van der Waals surface area contributed by atoms with Crippen molar-refractivity contribution in [2.24, 2.45) is 0 Å². The molecule has 18 atom stereocenters. The van der Waals surface area contributed by atoms with Crippen molar-refractivity contribution in [3.8, 4) is 0 Å². The van der Waals surface area contributed by atoms with Crippen molar-refractivity contribution >= 4 is 79.5 Å². The molecule has 0 aromatic carbocycles. The lowest BCUT2D eigenvalue weighted by Gasteiger charge is -2.33. The third-order valence-electron chi connectivity index (χ3n) is 20.1. The molecule has 11 rings (SSSR count). The number of carbonyl (C=O) groups is 4. The molecule has 4 aromatic rings. The standard InChI is InChI=1S/C66H92N11O27P3S3/c1-10-21-90-66(89)101-47-22-54(74-26-36(3)58(81)67-62(74)85)98-51(47)33-94-106(109,92-31-44-16-13-19-72(44)41(8)79)103-49-24-56(76-28-38(5)60(83)69-64(76)87)100-53(49)35-96-107(110,93-32-45-17-14-20-73(45)42(9)80)104-50-25-57(77-29-39(6)61(84)70-65(77)88)99-52(50)34-95-105(108,91-30-43-15-12-18-71(43)40(7)78)102-48-23-55(97-46(48)11-2)75-27-37(4)59(82)68-63(75)86/h10,26-29,43-57H,1,11-25,30-35H2,2-9H3,(H,67,81,85)(H,68,82,86)(H,69,83,87)(H,70,84,88)/t43?,44?,45?,46?,47-,48-,49-,50-,51?,52?,53?,54?,55?,56?,57?,105?,106?,107?/m1/s1. The second-order valence-corrected chi connectivity index (χ2v) is 36.8. The molecule has 11 heterocycles. The Hall–Kier alpha value is -6.43. The van der Waals surface area contributed by atoms with Gasteiger partial charge in [-0.25, -0.2) is 24.0 Å². The minimum absolute atomic E-state index is 0.0285. The van der Waals surface area contributed by atoms with E-state index in [1.165, 1.54) is 83.9 Å². The first-order valence-electron chi connectivity index (χ1n) is 36.1. The summed E-state index contributed by atoms with van der Waals surface area (Å²) in [5.74, 6) is -0.694. The molecule has 3 amide bonds. The number of hydrogen-bond donors (Lipinski definition) is 4. The molecule has 0 radical (unpaired) electrons. The van der Waals surface area contributed by atoms with E-state index in [9.17, 15) is 57.5 Å². The van der Waals surface area contributed by atoms with E-state index in [1.54, 1.807) is 14.7 Å². The topological polar surface area (TPSA) is 436 Å². The van der Waals surface area contributed by atoms with Gasteiger partial charge in [0.15, 0.2) is 0 Å². The normalized spacial score (nSPS) is 28.5. The summed E-state index contributed by atoms with van der Waals surface area (Å²) in [5, 5.41) is 0. The van der Waals surface area contributed by atoms with E-state index in [0.717, 1.165) is 13.7 Å². The maximum atomic E-state index is 13.8. The summed E-state index contributed by atoms with van der Waals surface area (Å²) in [6.45, 7) is 1.53. The van der Waals surface area contributed by atoms with E-state index in [4.69, 9.17) is 105 Å². The third-order valence-corrected chi connectivity index (χ3v) is 27.2. The molecular formula is C66H92N11O27P3S3. The van der Waals surface area contributed by atoms with E-state index in [1.807, 2.05) is 6.92 Å². The molecule has 110 heavy (non-hydrogen) atoms. The molecule has 606 valence electrons. The number of aromatic amines is 4. The summed E-state index contributed by atoms with van der Waals surface area (Å²) >= 11 is 19.1. The molecule has 4 N–H and O–H groups in total. The summed E-state index contributed by atoms with van der Waals surface area (Å²) in [7, 11) is 0. The molecule has 7 saturated heterocycles. The molecule has 7 aliphatic heterocycles. The summed E-state index contributed by atoms with van der Waals surface area (Å²) in [5.41, 5.74) is -5.18. The lowest BCUT2D eigenvalue weighted by Crippen LogP contribution is -2.37. The molecule has 7 fully saturated rings. The van der Waals surface area contributed by atoms with Crippen LogP contribution in [0.4, 0.5) is 4.79 Å². The van der Waals surface area contributed by atoms with Gasteiger partial charge in [-0.2, -0.15) is 0 Å². The fourth-order valence-electron chi connectivity index (χ4n) is 14.3. The summed E-state index contributed by atoms with van der Waals surface area (Å²) in [6.07, 6.45) is -5.40. The van der Waals surface area contributed by atoms with Gasteiger partial charge in [-0.3, -0.25) is 71.8 Å². The maximum Gasteiger partial charge on any atom is 0.508 e. The second-order valence-electron chi connectivity index (χ2n) is 27.9. The molecule has 44 heteroatoms. The minimum Gasteiger partial charge on any atom is -0.430 e. The number of H-pyrrole nitrogens is 4. The van der Waals surface area contributed by atoms with E-state index in [-0.39, 0.29) is 92.1 Å². The van der Waals surface area contributed by atoms with Crippen molar-refractivity contribution in [3.05, 3.63) is 143 Å². The van der Waals surface area contributed by atoms with Crippen LogP contribution in [0.3, 0.4) is 0 Å². The molecule has 0 saturated carbocycles. The van der Waals surface area contributed by atoms with Gasteiger partial charge in [0.2, 0.25) is 17.7 Å². The van der Waals surface area contributed by atoms with Gasteiger partial charge >= 0.3 is 49.1 Å². The van der Waals surface area contributed by atoms with Crippen molar-refractivity contribution in [1.29, 1.82) is 0 Å². The number of aromatic nitrogens is 8. The Bertz CT molecular complexity index is 4740. The minimum atomic E-state index is -4.39. The molecular weight excluding hydrogens is 1570 g/mol. The highest BCUT2D eigenvalue weighted by Gasteiger charge is 2.50. The quantitative estimate of drug-likeness (QED) is 0.0308. The van der Waals surface area contributed by atoms with Crippen molar-refractivity contribution in [2.45, 2.75) is 218 Å². The first-order chi connectivity index (χ1) is 52.2. The molecule has 38 nitrogen and oxygen atoms in total. The van der Waals surface area contributed by atoms with Crippen molar-refractivity contribution < 1.29 is 88.3 Å². The monoisotopic (exact) mass is 1660 g/mol. The first-order valence-corrected chi connectivity index (χ1v) is 43.8. The number of rotatable bonds is 32. The van der Waals surface area contributed by atoms with Crippen LogP contribution >= 0.6 is 20.2 Å². The fraction of sp³-hybridized carbons (Fsp3) is 0.667. The lowest BCUT2D eigenvalue weighted by atomic mass is 10.1. The van der Waals surface area contributed by atoms with E-state index in [2.05, 4.69) is 26.5 Å². The highest BCUT2D eigenvalue weighted by Crippen LogP contribution is 2.59. The third kappa shape index (κ3) is 20.4. The summed E-state index contributed by atoms with van der Waals surface area (Å²) in [6, 6.07) is -1.51. The number of nitrogens with zero attached hydrogens (tertiary/aromatic N) is 7. The van der Waals surface area contributed by atoms with Gasteiger partial charge < -0.3 is 83.8 Å². The largest absolute Gasteiger partial charge is 0.508 e. The van der Waals surface area contributed by atoms with Crippen LogP contribution in [-0.4, -0.2) is 210 Å². The first kappa shape index (κ1) is 84.5. The maximum absolute atomic E-state index is 13.8. The van der Waals surface area contributed by atoms with Crippen LogP contribution in [-0.2, 0) is 119 Å². The summed E-state index contributed by atoms with van der Waals surface area (Å²) in [4.78, 5) is 171. The van der Waals surface area contributed by atoms with Crippen LogP contribution < -0.4 is 45.0 Å². The zero-order valence-electron chi connectivity index (χ0n) is 61.8. The number of ether oxygens (including phenoxy) is 6. The Morgan fingerprint density at radius 1 is 0.455 bits per heavy atom. The van der Waals surface area contributed by atoms with Crippen LogP contribution in [0.15, 0.2) is 75.8 Å². The summed E-state index contributed by atoms with van der Waals surface area (Å²) < 4.78 is 102. The fourth-order valence-corrected chi connectivity index (χ4v) is 20.7. The predicted molar refractivity (Wildman–Crippen MR) is 399 cm³/mol. The molecule has 0 bridgehead atoms. The molecule has 14 unspecified atom stereocenters. The van der Waals surface area contributed by atoms with Crippen molar-refractivity contribution in [1.82, 2.24) is 52.9 Å². The zero-order chi connectivity index (χ0) is 79.3. The smallest absolute Gasteiger partial charge is 0.430 e. The van der Waals surface area contributed by atoms with E-state index >= 15 is 0 Å². The van der Waals surface area contributed by atoms with Crippen LogP contribution in [0.2, 0.25) is 0 Å². The predicted octanol–water partition coefficient (Wildman–Crippen LogP) is 3.65. The average molecular weight is 1660 g/mol. The molecule has 4 aromatic heterocycles. The highest BCUT2D eigenvalue weighted by atomic mass is 32.5. The lowest BCUT2D eigenvalue weighted by molar-refractivity contribution is -0.131. The van der Waals surface area contributed by atoms with Gasteiger partial charge in [0.25, 0.3) is 22.2 Å². The van der Waals surface area contributed by atoms with Crippen LogP contribution in [0, 0.1) is 27.7 Å². The van der Waals surface area contributed by atoms with Gasteiger partial charge in [-0.05, 0) is 108 Å². The van der Waals surface area contributed by atoms with E-state index in [0.29, 0.717) is 64.6 Å². The van der Waals surface area contributed by atoms with Gasteiger partial charge in [-0.1, -0.05) is 19.6 Å². The number of nitrogens with one attached hydrogen (secondary N) is 4. The van der Waals surface area contributed by atoms with Crippen LogP contribution in [0.5, 0.6) is 0 Å². The van der Waals surface area contributed by atoms with Gasteiger partial charge in [0.1, 0.15) is 55.9 Å². The number of hydrogen-bond acceptors (Lipinski definition) is 30. The molecule has 7 aliphatic rings.